The second-order valence-corrected chi connectivity index (χ2v) is 2.51. The third kappa shape index (κ3) is 1.67. The van der Waals surface area contributed by atoms with Crippen LogP contribution in [0.25, 0.3) is 0 Å². The van der Waals surface area contributed by atoms with Gasteiger partial charge in [0, 0.05) is 6.42 Å². The molecule has 10 heavy (non-hydrogen) atoms. The fraction of sp³-hybridized carbons (Fsp3) is 1.00. The van der Waals surface area contributed by atoms with Crippen LogP contribution in [0.3, 0.4) is 0 Å². The Morgan fingerprint density at radius 3 is 2.50 bits per heavy atom. The predicted molar refractivity (Wildman–Crippen MR) is 33.5 cm³/mol. The van der Waals surface area contributed by atoms with Crippen LogP contribution in [0.15, 0.2) is 0 Å². The van der Waals surface area contributed by atoms with E-state index >= 15 is 0 Å². The summed E-state index contributed by atoms with van der Waals surface area (Å²) in [5.41, 5.74) is 0. The summed E-state index contributed by atoms with van der Waals surface area (Å²) in [6.07, 6.45) is -1.52. The molecule has 2 unspecified atom stereocenters. The van der Waals surface area contributed by atoms with Crippen LogP contribution in [-0.4, -0.2) is 46.8 Å². The number of hydrogen-bond acceptors (Lipinski definition) is 4. The highest BCUT2D eigenvalue weighted by atomic mass is 16.5. The van der Waals surface area contributed by atoms with Crippen molar-refractivity contribution in [3.05, 3.63) is 0 Å². The Balaban J connectivity index is 2.33. The summed E-state index contributed by atoms with van der Waals surface area (Å²) in [4.78, 5) is 0. The van der Waals surface area contributed by atoms with Crippen LogP contribution in [-0.2, 0) is 4.74 Å². The van der Waals surface area contributed by atoms with E-state index in [0.717, 1.165) is 0 Å². The SMILES string of the molecule is OC[C@H]1CC(O)C(O)CO1. The number of hydrogen-bond donors (Lipinski definition) is 3. The lowest BCUT2D eigenvalue weighted by Gasteiger charge is -2.29. The third-order valence-electron chi connectivity index (χ3n) is 1.65. The van der Waals surface area contributed by atoms with E-state index in [1.54, 1.807) is 0 Å². The zero-order chi connectivity index (χ0) is 7.56. The minimum absolute atomic E-state index is 0.0935. The molecule has 1 heterocycles. The molecular weight excluding hydrogens is 136 g/mol. The molecule has 1 aliphatic heterocycles. The Morgan fingerprint density at radius 2 is 2.00 bits per heavy atom. The van der Waals surface area contributed by atoms with Crippen molar-refractivity contribution in [1.82, 2.24) is 0 Å². The van der Waals surface area contributed by atoms with Gasteiger partial charge >= 0.3 is 0 Å². The highest BCUT2D eigenvalue weighted by molar-refractivity contribution is 4.76. The molecule has 0 aliphatic carbocycles. The van der Waals surface area contributed by atoms with Gasteiger partial charge in [-0.25, -0.2) is 0 Å². The first-order valence-corrected chi connectivity index (χ1v) is 3.32. The Hall–Kier alpha value is -0.160. The summed E-state index contributed by atoms with van der Waals surface area (Å²) in [7, 11) is 0. The molecule has 0 spiro atoms. The lowest BCUT2D eigenvalue weighted by molar-refractivity contribution is -0.131. The standard InChI is InChI=1S/C6H12O4/c7-2-4-1-5(8)6(9)3-10-4/h4-9H,1-3H2/t4-,5?,6?/m1/s1. The van der Waals surface area contributed by atoms with Crippen LogP contribution in [0.2, 0.25) is 0 Å². The van der Waals surface area contributed by atoms with Gasteiger partial charge in [-0.05, 0) is 0 Å². The molecule has 0 aromatic carbocycles. The second-order valence-electron chi connectivity index (χ2n) is 2.51. The lowest BCUT2D eigenvalue weighted by Crippen LogP contribution is -2.42. The molecule has 0 saturated carbocycles. The summed E-state index contributed by atoms with van der Waals surface area (Å²) in [6.45, 7) is 0.0240. The topological polar surface area (TPSA) is 69.9 Å². The molecule has 1 saturated heterocycles. The number of aliphatic hydroxyl groups is 3. The van der Waals surface area contributed by atoms with Crippen molar-refractivity contribution >= 4 is 0 Å². The highest BCUT2D eigenvalue weighted by Crippen LogP contribution is 2.13. The van der Waals surface area contributed by atoms with E-state index in [1.165, 1.54) is 0 Å². The van der Waals surface area contributed by atoms with Gasteiger partial charge < -0.3 is 20.1 Å². The average molecular weight is 148 g/mol. The summed E-state index contributed by atoms with van der Waals surface area (Å²) < 4.78 is 4.95. The average Bonchev–Trinajstić information content (AvgIpc) is 1.95. The van der Waals surface area contributed by atoms with Crippen LogP contribution in [0.1, 0.15) is 6.42 Å². The van der Waals surface area contributed by atoms with E-state index in [1.807, 2.05) is 0 Å². The van der Waals surface area contributed by atoms with Gasteiger partial charge in [-0.15, -0.1) is 0 Å². The van der Waals surface area contributed by atoms with E-state index in [0.29, 0.717) is 6.42 Å². The zero-order valence-electron chi connectivity index (χ0n) is 5.60. The van der Waals surface area contributed by atoms with Crippen LogP contribution in [0.4, 0.5) is 0 Å². The summed E-state index contributed by atoms with van der Waals surface area (Å²) in [6, 6.07) is 0. The van der Waals surface area contributed by atoms with Crippen molar-refractivity contribution in [2.45, 2.75) is 24.7 Å². The monoisotopic (exact) mass is 148 g/mol. The largest absolute Gasteiger partial charge is 0.394 e. The molecule has 0 amide bonds. The van der Waals surface area contributed by atoms with Gasteiger partial charge in [0.25, 0.3) is 0 Å². The zero-order valence-corrected chi connectivity index (χ0v) is 5.60. The van der Waals surface area contributed by atoms with Crippen molar-refractivity contribution in [1.29, 1.82) is 0 Å². The first-order valence-electron chi connectivity index (χ1n) is 3.32. The molecular formula is C6H12O4. The first-order chi connectivity index (χ1) is 4.74. The number of rotatable bonds is 1. The Morgan fingerprint density at radius 1 is 1.30 bits per heavy atom. The fourth-order valence-electron chi connectivity index (χ4n) is 0.967. The normalized spacial score (nSPS) is 41.7. The van der Waals surface area contributed by atoms with E-state index in [9.17, 15) is 0 Å². The summed E-state index contributed by atoms with van der Waals surface area (Å²) >= 11 is 0. The smallest absolute Gasteiger partial charge is 0.103 e. The van der Waals surface area contributed by atoms with Crippen molar-refractivity contribution in [3.63, 3.8) is 0 Å². The van der Waals surface area contributed by atoms with Crippen LogP contribution in [0, 0.1) is 0 Å². The molecule has 3 N–H and O–H groups in total. The molecule has 4 nitrogen and oxygen atoms in total. The van der Waals surface area contributed by atoms with Crippen molar-refractivity contribution in [2.24, 2.45) is 0 Å². The molecule has 1 aliphatic rings. The van der Waals surface area contributed by atoms with Gasteiger partial charge in [0.1, 0.15) is 6.10 Å². The molecule has 4 heteroatoms. The van der Waals surface area contributed by atoms with Crippen molar-refractivity contribution in [2.75, 3.05) is 13.2 Å². The summed E-state index contributed by atoms with van der Waals surface area (Å²) in [5, 5.41) is 26.5. The fourth-order valence-corrected chi connectivity index (χ4v) is 0.967. The lowest BCUT2D eigenvalue weighted by atomic mass is 10.0. The highest BCUT2D eigenvalue weighted by Gasteiger charge is 2.27. The van der Waals surface area contributed by atoms with E-state index in [4.69, 9.17) is 20.1 Å². The predicted octanol–water partition coefficient (Wildman–Crippen LogP) is -1.51. The van der Waals surface area contributed by atoms with Crippen LogP contribution >= 0.6 is 0 Å². The minimum atomic E-state index is -0.789. The molecule has 0 aromatic rings. The van der Waals surface area contributed by atoms with Gasteiger partial charge in [-0.3, -0.25) is 0 Å². The molecule has 3 atom stereocenters. The van der Waals surface area contributed by atoms with Gasteiger partial charge in [0.05, 0.1) is 25.4 Å². The van der Waals surface area contributed by atoms with Gasteiger partial charge in [-0.1, -0.05) is 0 Å². The van der Waals surface area contributed by atoms with E-state index < -0.39 is 12.2 Å². The van der Waals surface area contributed by atoms with Crippen LogP contribution < -0.4 is 0 Å². The Bertz CT molecular complexity index is 106. The van der Waals surface area contributed by atoms with Gasteiger partial charge in [0.15, 0.2) is 0 Å². The maximum absolute atomic E-state index is 9.04. The molecule has 1 rings (SSSR count). The molecule has 0 aromatic heterocycles. The van der Waals surface area contributed by atoms with Crippen molar-refractivity contribution in [3.8, 4) is 0 Å². The van der Waals surface area contributed by atoms with E-state index in [-0.39, 0.29) is 19.3 Å². The minimum Gasteiger partial charge on any atom is -0.394 e. The maximum Gasteiger partial charge on any atom is 0.103 e. The molecule has 60 valence electrons. The number of ether oxygens (including phenoxy) is 1. The molecule has 0 radical (unpaired) electrons. The van der Waals surface area contributed by atoms with Gasteiger partial charge in [-0.2, -0.15) is 0 Å². The quantitative estimate of drug-likeness (QED) is 0.423. The summed E-state index contributed by atoms with van der Waals surface area (Å²) in [5.74, 6) is 0. The first kappa shape index (κ1) is 7.94. The third-order valence-corrected chi connectivity index (χ3v) is 1.65. The van der Waals surface area contributed by atoms with E-state index in [2.05, 4.69) is 0 Å². The maximum atomic E-state index is 9.04. The Labute approximate surface area is 59.1 Å². The van der Waals surface area contributed by atoms with Gasteiger partial charge in [0.2, 0.25) is 0 Å². The Kier molecular flexibility index (Phi) is 2.62. The molecule has 1 fully saturated rings. The van der Waals surface area contributed by atoms with Crippen LogP contribution in [0.5, 0.6) is 0 Å². The van der Waals surface area contributed by atoms with Crippen molar-refractivity contribution < 1.29 is 20.1 Å². The number of aliphatic hydroxyl groups excluding tert-OH is 3. The second kappa shape index (κ2) is 3.30. The molecule has 0 bridgehead atoms.